The summed E-state index contributed by atoms with van der Waals surface area (Å²) >= 11 is 0. The van der Waals surface area contributed by atoms with Crippen molar-refractivity contribution < 1.29 is 14.4 Å². The Morgan fingerprint density at radius 2 is 2.12 bits per heavy atom. The van der Waals surface area contributed by atoms with Gasteiger partial charge in [-0.2, -0.15) is 0 Å². The molecule has 1 fully saturated rings. The van der Waals surface area contributed by atoms with Crippen LogP contribution >= 0.6 is 0 Å². The predicted molar refractivity (Wildman–Crippen MR) is 61.5 cm³/mol. The van der Waals surface area contributed by atoms with Crippen LogP contribution in [0.1, 0.15) is 36.9 Å². The first kappa shape index (κ1) is 12.1. The average molecular weight is 238 g/mol. The number of amides is 1. The van der Waals surface area contributed by atoms with E-state index in [1.54, 1.807) is 18.7 Å². The van der Waals surface area contributed by atoms with Gasteiger partial charge in [0.05, 0.1) is 18.3 Å². The van der Waals surface area contributed by atoms with E-state index in [0.717, 1.165) is 0 Å². The Labute approximate surface area is 100 Å². The summed E-state index contributed by atoms with van der Waals surface area (Å²) in [7, 11) is 0. The van der Waals surface area contributed by atoms with Gasteiger partial charge in [0.1, 0.15) is 11.3 Å². The zero-order chi connectivity index (χ0) is 12.8. The molecule has 1 atom stereocenters. The molecule has 0 bridgehead atoms. The van der Waals surface area contributed by atoms with Crippen LogP contribution in [0.25, 0.3) is 0 Å². The Hall–Kier alpha value is -1.36. The molecule has 1 aromatic rings. The molecule has 2 rings (SSSR count). The molecule has 1 N–H and O–H groups in total. The van der Waals surface area contributed by atoms with Gasteiger partial charge in [0.25, 0.3) is 5.91 Å². The van der Waals surface area contributed by atoms with Crippen molar-refractivity contribution in [1.82, 2.24) is 10.1 Å². The van der Waals surface area contributed by atoms with E-state index >= 15 is 0 Å². The number of aliphatic hydroxyl groups is 1. The number of carbonyl (C=O) groups is 1. The van der Waals surface area contributed by atoms with E-state index in [1.807, 2.05) is 13.8 Å². The van der Waals surface area contributed by atoms with Gasteiger partial charge in [0.2, 0.25) is 0 Å². The van der Waals surface area contributed by atoms with E-state index in [0.29, 0.717) is 24.4 Å². The van der Waals surface area contributed by atoms with Gasteiger partial charge in [-0.1, -0.05) is 19.0 Å². The van der Waals surface area contributed by atoms with E-state index in [4.69, 9.17) is 4.52 Å². The molecule has 1 aliphatic rings. The molecule has 1 saturated heterocycles. The average Bonchev–Trinajstić information content (AvgIpc) is 2.68. The summed E-state index contributed by atoms with van der Waals surface area (Å²) in [5.74, 6) is 0.383. The highest BCUT2D eigenvalue weighted by Gasteiger charge is 2.49. The van der Waals surface area contributed by atoms with Gasteiger partial charge in [-0.05, 0) is 13.8 Å². The Morgan fingerprint density at radius 1 is 1.47 bits per heavy atom. The third-order valence-electron chi connectivity index (χ3n) is 3.81. The van der Waals surface area contributed by atoms with E-state index < -0.39 is 5.60 Å². The smallest absolute Gasteiger partial charge is 0.259 e. The van der Waals surface area contributed by atoms with Crippen LogP contribution in [-0.4, -0.2) is 39.8 Å². The standard InChI is InChI=1S/C12H18N2O3/c1-8-9(5-13-17-8)10(15)14-6-11(2,3)12(4,16)7-14/h5,16H,6-7H2,1-4H3/t12-/m1/s1. The van der Waals surface area contributed by atoms with Crippen molar-refractivity contribution in [2.45, 2.75) is 33.3 Å². The summed E-state index contributed by atoms with van der Waals surface area (Å²) in [4.78, 5) is 13.9. The fourth-order valence-electron chi connectivity index (χ4n) is 2.11. The van der Waals surface area contributed by atoms with Crippen molar-refractivity contribution >= 4 is 5.91 Å². The summed E-state index contributed by atoms with van der Waals surface area (Å²) in [5.41, 5.74) is -0.708. The SMILES string of the molecule is Cc1oncc1C(=O)N1CC(C)(C)[C@](C)(O)C1. The quantitative estimate of drug-likeness (QED) is 0.798. The molecule has 0 saturated carbocycles. The third kappa shape index (κ3) is 1.84. The molecule has 17 heavy (non-hydrogen) atoms. The van der Waals surface area contributed by atoms with Gasteiger partial charge in [0, 0.05) is 12.0 Å². The normalized spacial score (nSPS) is 27.5. The predicted octanol–water partition coefficient (Wildman–Crippen LogP) is 1.22. The Bertz CT molecular complexity index is 432. The van der Waals surface area contributed by atoms with Crippen LogP contribution < -0.4 is 0 Å². The summed E-state index contributed by atoms with van der Waals surface area (Å²) in [5, 5.41) is 13.9. The van der Waals surface area contributed by atoms with Gasteiger partial charge in [-0.15, -0.1) is 0 Å². The van der Waals surface area contributed by atoms with Crippen molar-refractivity contribution in [2.24, 2.45) is 5.41 Å². The topological polar surface area (TPSA) is 66.6 Å². The van der Waals surface area contributed by atoms with Gasteiger partial charge in [-0.3, -0.25) is 4.79 Å². The minimum atomic E-state index is -0.867. The van der Waals surface area contributed by atoms with Crippen molar-refractivity contribution in [3.05, 3.63) is 17.5 Å². The van der Waals surface area contributed by atoms with E-state index in [1.165, 1.54) is 6.20 Å². The second-order valence-corrected chi connectivity index (χ2v) is 5.61. The number of hydrogen-bond donors (Lipinski definition) is 1. The number of β-amino-alcohol motifs (C(OH)–C–C–N with tert-alkyl or cyclic N) is 1. The molecule has 0 unspecified atom stereocenters. The minimum Gasteiger partial charge on any atom is -0.388 e. The highest BCUT2D eigenvalue weighted by Crippen LogP contribution is 2.38. The molecule has 1 aromatic heterocycles. The zero-order valence-electron chi connectivity index (χ0n) is 10.6. The largest absolute Gasteiger partial charge is 0.388 e. The van der Waals surface area contributed by atoms with E-state index in [2.05, 4.69) is 5.16 Å². The van der Waals surface area contributed by atoms with Gasteiger partial charge < -0.3 is 14.5 Å². The number of hydrogen-bond acceptors (Lipinski definition) is 4. The number of aryl methyl sites for hydroxylation is 1. The number of aromatic nitrogens is 1. The Balaban J connectivity index is 2.23. The molecular weight excluding hydrogens is 220 g/mol. The summed E-state index contributed by atoms with van der Waals surface area (Å²) in [6.07, 6.45) is 1.43. The first-order chi connectivity index (χ1) is 7.74. The number of carbonyl (C=O) groups excluding carboxylic acids is 1. The highest BCUT2D eigenvalue weighted by atomic mass is 16.5. The van der Waals surface area contributed by atoms with Crippen LogP contribution in [-0.2, 0) is 0 Å². The summed E-state index contributed by atoms with van der Waals surface area (Å²) in [6, 6.07) is 0. The first-order valence-corrected chi connectivity index (χ1v) is 5.67. The molecule has 2 heterocycles. The number of nitrogens with zero attached hydrogens (tertiary/aromatic N) is 2. The van der Waals surface area contributed by atoms with Gasteiger partial charge in [-0.25, -0.2) is 0 Å². The lowest BCUT2D eigenvalue weighted by Crippen LogP contribution is -2.40. The van der Waals surface area contributed by atoms with E-state index in [9.17, 15) is 9.90 Å². The molecule has 94 valence electrons. The molecule has 1 amide bonds. The van der Waals surface area contributed by atoms with Crippen molar-refractivity contribution in [3.8, 4) is 0 Å². The lowest BCUT2D eigenvalue weighted by atomic mass is 9.79. The molecule has 0 radical (unpaired) electrons. The Morgan fingerprint density at radius 3 is 2.53 bits per heavy atom. The fourth-order valence-corrected chi connectivity index (χ4v) is 2.11. The van der Waals surface area contributed by atoms with Crippen LogP contribution in [0.5, 0.6) is 0 Å². The maximum absolute atomic E-state index is 12.2. The number of rotatable bonds is 1. The maximum Gasteiger partial charge on any atom is 0.259 e. The molecule has 5 heteroatoms. The van der Waals surface area contributed by atoms with Crippen LogP contribution in [0.4, 0.5) is 0 Å². The summed E-state index contributed by atoms with van der Waals surface area (Å²) in [6.45, 7) is 8.26. The number of likely N-dealkylation sites (tertiary alicyclic amines) is 1. The minimum absolute atomic E-state index is 0.130. The lowest BCUT2D eigenvalue weighted by molar-refractivity contribution is -0.0108. The second-order valence-electron chi connectivity index (χ2n) is 5.61. The summed E-state index contributed by atoms with van der Waals surface area (Å²) < 4.78 is 4.89. The van der Waals surface area contributed by atoms with Crippen LogP contribution in [0.2, 0.25) is 0 Å². The monoisotopic (exact) mass is 238 g/mol. The maximum atomic E-state index is 12.2. The molecule has 0 spiro atoms. The molecular formula is C12H18N2O3. The molecule has 0 aromatic carbocycles. The van der Waals surface area contributed by atoms with Crippen molar-refractivity contribution in [2.75, 3.05) is 13.1 Å². The zero-order valence-corrected chi connectivity index (χ0v) is 10.6. The van der Waals surface area contributed by atoms with Crippen LogP contribution in [0.3, 0.4) is 0 Å². The molecule has 1 aliphatic heterocycles. The molecule has 5 nitrogen and oxygen atoms in total. The van der Waals surface area contributed by atoms with Crippen LogP contribution in [0, 0.1) is 12.3 Å². The fraction of sp³-hybridized carbons (Fsp3) is 0.667. The Kier molecular flexibility index (Phi) is 2.54. The van der Waals surface area contributed by atoms with E-state index in [-0.39, 0.29) is 11.3 Å². The van der Waals surface area contributed by atoms with Crippen molar-refractivity contribution in [3.63, 3.8) is 0 Å². The highest BCUT2D eigenvalue weighted by molar-refractivity contribution is 5.95. The first-order valence-electron chi connectivity index (χ1n) is 5.67. The molecule has 0 aliphatic carbocycles. The van der Waals surface area contributed by atoms with Crippen molar-refractivity contribution in [1.29, 1.82) is 0 Å². The third-order valence-corrected chi connectivity index (χ3v) is 3.81. The van der Waals surface area contributed by atoms with Gasteiger partial charge in [0.15, 0.2) is 0 Å². The second kappa shape index (κ2) is 3.57. The van der Waals surface area contributed by atoms with Crippen LogP contribution in [0.15, 0.2) is 10.7 Å². The lowest BCUT2D eigenvalue weighted by Gasteiger charge is -2.30. The van der Waals surface area contributed by atoms with Gasteiger partial charge >= 0.3 is 0 Å².